The van der Waals surface area contributed by atoms with Crippen LogP contribution in [0.25, 0.3) is 11.2 Å². The molecule has 3 aromatic heterocycles. The van der Waals surface area contributed by atoms with Crippen molar-refractivity contribution in [2.45, 2.75) is 114 Å². The molecule has 3 fully saturated rings. The minimum absolute atomic E-state index is 0.0646. The number of nitrogens with zero attached hydrogens (tertiary/aromatic N) is 7. The van der Waals surface area contributed by atoms with E-state index >= 15 is 0 Å². The van der Waals surface area contributed by atoms with E-state index in [4.69, 9.17) is 68.4 Å². The highest BCUT2D eigenvalue weighted by Gasteiger charge is 2.55. The molecule has 3 aliphatic rings. The second-order valence-corrected chi connectivity index (χ2v) is 26.8. The lowest BCUT2D eigenvalue weighted by molar-refractivity contribution is -0.0762. The van der Waals surface area contributed by atoms with Crippen LogP contribution < -0.4 is 16.1 Å². The van der Waals surface area contributed by atoms with Crippen LogP contribution in [0, 0.1) is 0 Å². The van der Waals surface area contributed by atoms with Crippen molar-refractivity contribution in [3.63, 3.8) is 0 Å². The summed E-state index contributed by atoms with van der Waals surface area (Å²) < 4.78 is 61.9. The molecular formula is C49H60N7O11PSSi. The lowest BCUT2D eigenvalue weighted by Gasteiger charge is -2.40. The molecule has 3 aromatic carbocycles. The van der Waals surface area contributed by atoms with Gasteiger partial charge in [-0.3, -0.25) is 18.5 Å². The Bertz CT molecular complexity index is 2850. The van der Waals surface area contributed by atoms with Gasteiger partial charge in [0.1, 0.15) is 49.7 Å². The van der Waals surface area contributed by atoms with E-state index in [0.717, 1.165) is 21.3 Å². The summed E-state index contributed by atoms with van der Waals surface area (Å²) in [4.78, 5) is 43.6. The van der Waals surface area contributed by atoms with Gasteiger partial charge in [0.2, 0.25) is 0 Å². The Morgan fingerprint density at radius 3 is 2.06 bits per heavy atom. The lowest BCUT2D eigenvalue weighted by Crippen LogP contribution is -2.50. The van der Waals surface area contributed by atoms with Gasteiger partial charge in [0.25, 0.3) is 5.56 Å². The van der Waals surface area contributed by atoms with Gasteiger partial charge in [0, 0.05) is 39.6 Å². The molecule has 18 nitrogen and oxygen atoms in total. The van der Waals surface area contributed by atoms with E-state index in [9.17, 15) is 9.59 Å². The first-order valence-electron chi connectivity index (χ1n) is 23.2. The van der Waals surface area contributed by atoms with Crippen LogP contribution in [-0.4, -0.2) is 101 Å². The minimum atomic E-state index is -3.50. The Labute approximate surface area is 412 Å². The third-order valence-corrected chi connectivity index (χ3v) is 20.2. The fourth-order valence-corrected chi connectivity index (χ4v) is 12.1. The van der Waals surface area contributed by atoms with E-state index in [0.29, 0.717) is 30.1 Å². The predicted molar refractivity (Wildman–Crippen MR) is 267 cm³/mol. The fraction of sp³-hybridized carbons (Fsp3) is 0.449. The summed E-state index contributed by atoms with van der Waals surface area (Å²) in [5.41, 5.74) is 3.15. The molecule has 3 saturated heterocycles. The highest BCUT2D eigenvalue weighted by atomic mass is 32.5. The molecule has 70 heavy (non-hydrogen) atoms. The van der Waals surface area contributed by atoms with Crippen molar-refractivity contribution < 1.29 is 41.7 Å². The Morgan fingerprint density at radius 1 is 0.800 bits per heavy atom. The van der Waals surface area contributed by atoms with Crippen LogP contribution in [0.3, 0.4) is 0 Å². The number of fused-ring (bicyclic) bond motifs is 2. The van der Waals surface area contributed by atoms with Gasteiger partial charge in [0.15, 0.2) is 37.8 Å². The molecule has 0 unspecified atom stereocenters. The summed E-state index contributed by atoms with van der Waals surface area (Å²) in [5, 5.41) is -0.197. The monoisotopic (exact) mass is 1010 g/mol. The molecule has 0 aliphatic carbocycles. The van der Waals surface area contributed by atoms with E-state index in [1.165, 1.54) is 30.3 Å². The third kappa shape index (κ3) is 10.6. The van der Waals surface area contributed by atoms with Crippen molar-refractivity contribution in [2.75, 3.05) is 32.3 Å². The Kier molecular flexibility index (Phi) is 15.1. The van der Waals surface area contributed by atoms with Gasteiger partial charge in [0.05, 0.1) is 26.1 Å². The van der Waals surface area contributed by atoms with Crippen LogP contribution in [0.5, 0.6) is 0 Å². The summed E-state index contributed by atoms with van der Waals surface area (Å²) in [6.45, 7) is 8.21. The summed E-state index contributed by atoms with van der Waals surface area (Å²) >= 11 is 6.06. The van der Waals surface area contributed by atoms with Crippen molar-refractivity contribution in [1.29, 1.82) is 0 Å². The zero-order valence-electron chi connectivity index (χ0n) is 40.3. The molecule has 372 valence electrons. The normalized spacial score (nSPS) is 25.9. The number of aromatic nitrogens is 6. The zero-order chi connectivity index (χ0) is 49.2. The van der Waals surface area contributed by atoms with Crippen molar-refractivity contribution in [3.8, 4) is 0 Å². The number of methoxy groups -OCH3 is 2. The Balaban J connectivity index is 0.938. The van der Waals surface area contributed by atoms with Crippen molar-refractivity contribution in [2.24, 2.45) is 0 Å². The number of hydrogen-bond donors (Lipinski definition) is 0. The minimum Gasteiger partial charge on any atom is -0.408 e. The molecule has 0 bridgehead atoms. The molecule has 6 heterocycles. The van der Waals surface area contributed by atoms with Crippen LogP contribution in [0.1, 0.15) is 49.9 Å². The van der Waals surface area contributed by atoms with Crippen molar-refractivity contribution >= 4 is 43.8 Å². The van der Waals surface area contributed by atoms with E-state index in [1.54, 1.807) is 13.4 Å². The number of benzene rings is 3. The van der Waals surface area contributed by atoms with Gasteiger partial charge in [-0.05, 0) is 46.6 Å². The maximum Gasteiger partial charge on any atom is 0.335 e. The number of rotatable bonds is 18. The van der Waals surface area contributed by atoms with Crippen molar-refractivity contribution in [1.82, 2.24) is 28.7 Å². The average molecular weight is 1010 g/mol. The first-order chi connectivity index (χ1) is 33.7. The largest absolute Gasteiger partial charge is 0.408 e. The molecule has 0 radical (unpaired) electrons. The molecule has 9 atom stereocenters. The maximum atomic E-state index is 14.1. The second-order valence-electron chi connectivity index (χ2n) is 19.1. The molecule has 0 saturated carbocycles. The topological polar surface area (TPSA) is 174 Å². The molecule has 6 aromatic rings. The van der Waals surface area contributed by atoms with Gasteiger partial charge in [-0.1, -0.05) is 112 Å². The smallest absolute Gasteiger partial charge is 0.335 e. The fourth-order valence-electron chi connectivity index (χ4n) is 8.74. The number of imidazole rings is 1. The van der Waals surface area contributed by atoms with Crippen LogP contribution in [-0.2, 0) is 79.9 Å². The van der Waals surface area contributed by atoms with E-state index in [2.05, 4.69) is 63.0 Å². The summed E-state index contributed by atoms with van der Waals surface area (Å²) in [6.07, 6.45) is -1.36. The number of hydrogen-bond acceptors (Lipinski definition) is 16. The first kappa shape index (κ1) is 50.1. The highest BCUT2D eigenvalue weighted by molar-refractivity contribution is 8.07. The van der Waals surface area contributed by atoms with Crippen LogP contribution in [0.4, 0.5) is 5.82 Å². The van der Waals surface area contributed by atoms with Crippen LogP contribution in [0.15, 0.2) is 126 Å². The Hall–Kier alpha value is -4.80. The van der Waals surface area contributed by atoms with E-state index < -0.39 is 75.4 Å². The molecule has 0 amide bonds. The molecule has 0 spiro atoms. The standard InChI is InChI=1S/C49H60N7O11PSSi/c1-49(2,3)70(6,7)67-41-37(65-46(43(41)60-5)54-24-23-38(57)56(48(54)58)32-61-27-35-21-15-10-16-22-35)29-63-68(69)62-28-36-40(66-68)42(59-4)47(64-36)55-31-52-39-44(50-30-51-45(39)55)53(25-33-17-11-8-12-18-33)26-34-19-13-9-14-20-34/h8-24,30-31,36-37,40-43,46-47H,25-29,32H2,1-7H3/t36-,37-,40-,41-,42-,43-,46-,47-,68-/m1/s1. The maximum absolute atomic E-state index is 14.1. The summed E-state index contributed by atoms with van der Waals surface area (Å²) in [7, 11) is 0.616. The second kappa shape index (κ2) is 21.1. The third-order valence-electron chi connectivity index (χ3n) is 13.4. The van der Waals surface area contributed by atoms with Gasteiger partial charge in [-0.15, -0.1) is 0 Å². The quantitative estimate of drug-likeness (QED) is 0.0629. The van der Waals surface area contributed by atoms with Crippen molar-refractivity contribution in [3.05, 3.63) is 153 Å². The zero-order valence-corrected chi connectivity index (χ0v) is 43.0. The van der Waals surface area contributed by atoms with Crippen LogP contribution in [0.2, 0.25) is 18.1 Å². The molecule has 9 rings (SSSR count). The molecule has 0 N–H and O–H groups in total. The average Bonchev–Trinajstić information content (AvgIpc) is 4.05. The van der Waals surface area contributed by atoms with E-state index in [-0.39, 0.29) is 31.6 Å². The van der Waals surface area contributed by atoms with Gasteiger partial charge < -0.3 is 42.1 Å². The van der Waals surface area contributed by atoms with E-state index in [1.807, 2.05) is 71.3 Å². The van der Waals surface area contributed by atoms with Gasteiger partial charge in [-0.2, -0.15) is 0 Å². The van der Waals surface area contributed by atoms with Gasteiger partial charge in [-0.25, -0.2) is 24.3 Å². The highest BCUT2D eigenvalue weighted by Crippen LogP contribution is 2.58. The molecule has 21 heteroatoms. The first-order valence-corrected chi connectivity index (χ1v) is 28.7. The van der Waals surface area contributed by atoms with Crippen LogP contribution >= 0.6 is 6.72 Å². The Morgan fingerprint density at radius 2 is 1.43 bits per heavy atom. The number of anilines is 1. The predicted octanol–water partition coefficient (Wildman–Crippen LogP) is 7.10. The lowest BCUT2D eigenvalue weighted by atomic mass is 10.1. The van der Waals surface area contributed by atoms with Gasteiger partial charge >= 0.3 is 12.4 Å². The SMILES string of the molecule is CO[C@@H]1[C@H](O[Si](C)(C)C(C)(C)C)[C@@H](CO[P@]2(=S)OC[C@H]3O[C@@H](n4cnc5c(N(Cc6ccccc6)Cc6ccccc6)ncnc54)[C@H](OC)[C@@H]3O2)O[C@H]1n1ccc(=O)n(COCc2ccccc2)c1=O. The molecular weight excluding hydrogens is 954 g/mol. The number of ether oxygens (including phenoxy) is 5. The summed E-state index contributed by atoms with van der Waals surface area (Å²) in [5.74, 6) is 0.673. The summed E-state index contributed by atoms with van der Waals surface area (Å²) in [6, 6.07) is 31.2. The molecule has 3 aliphatic heterocycles.